The quantitative estimate of drug-likeness (QED) is 0.839. The number of hydrogen-bond donors (Lipinski definition) is 1. The number of carbonyl (C=O) groups is 2. The summed E-state index contributed by atoms with van der Waals surface area (Å²) in [6.45, 7) is 2.06. The molecule has 1 amide bonds. The molecule has 2 aromatic rings. The zero-order chi connectivity index (χ0) is 15.0. The lowest BCUT2D eigenvalue weighted by Gasteiger charge is -2.16. The van der Waals surface area contributed by atoms with Crippen molar-refractivity contribution in [1.29, 1.82) is 0 Å². The maximum Gasteiger partial charge on any atom is 0.278 e. The fourth-order valence-electron chi connectivity index (χ4n) is 2.43. The molecule has 3 rings (SSSR count). The number of Topliss-reactive ketones (excluding diaryl/α,β-unsaturated/α-hetero) is 1. The maximum atomic E-state index is 12.4. The number of amides is 1. The van der Waals surface area contributed by atoms with E-state index in [4.69, 9.17) is 0 Å². The van der Waals surface area contributed by atoms with Crippen molar-refractivity contribution < 1.29 is 9.59 Å². The van der Waals surface area contributed by atoms with Gasteiger partial charge in [0.2, 0.25) is 0 Å². The summed E-state index contributed by atoms with van der Waals surface area (Å²) in [6, 6.07) is 8.00. The average Bonchev–Trinajstić information content (AvgIpc) is 2.90. The van der Waals surface area contributed by atoms with Gasteiger partial charge in [-0.3, -0.25) is 14.4 Å². The van der Waals surface area contributed by atoms with E-state index in [0.29, 0.717) is 18.5 Å². The van der Waals surface area contributed by atoms with E-state index >= 15 is 0 Å². The molecule has 1 aliphatic rings. The van der Waals surface area contributed by atoms with Crippen molar-refractivity contribution in [2.24, 2.45) is 0 Å². The number of nitrogens with zero attached hydrogens (tertiary/aromatic N) is 2. The van der Waals surface area contributed by atoms with Gasteiger partial charge in [0.25, 0.3) is 11.5 Å². The fourth-order valence-corrected chi connectivity index (χ4v) is 2.43. The van der Waals surface area contributed by atoms with Crippen LogP contribution in [0.15, 0.2) is 35.1 Å². The van der Waals surface area contributed by atoms with Crippen LogP contribution < -0.4 is 10.5 Å². The Bertz CT molecular complexity index is 774. The van der Waals surface area contributed by atoms with Gasteiger partial charge in [-0.05, 0) is 43.2 Å². The molecule has 1 aliphatic heterocycles. The maximum absolute atomic E-state index is 12.4. The van der Waals surface area contributed by atoms with Gasteiger partial charge in [0.1, 0.15) is 5.69 Å². The van der Waals surface area contributed by atoms with Crippen LogP contribution in [-0.4, -0.2) is 28.4 Å². The second-order valence-corrected chi connectivity index (χ2v) is 4.91. The topological polar surface area (TPSA) is 83.1 Å². The summed E-state index contributed by atoms with van der Waals surface area (Å²) in [7, 11) is 0. The summed E-state index contributed by atoms with van der Waals surface area (Å²) in [5.41, 5.74) is 2.25. The molecule has 0 bridgehead atoms. The number of aromatic nitrogens is 2. The number of nitrogens with one attached hydrogen (secondary N) is 1. The number of fused-ring (bicyclic) bond motifs is 1. The molecule has 6 nitrogen and oxygen atoms in total. The second-order valence-electron chi connectivity index (χ2n) is 4.91. The summed E-state index contributed by atoms with van der Waals surface area (Å²) in [5, 5.41) is 6.01. The zero-order valence-corrected chi connectivity index (χ0v) is 11.4. The molecule has 1 aromatic carbocycles. The zero-order valence-electron chi connectivity index (χ0n) is 11.4. The van der Waals surface area contributed by atoms with E-state index in [1.54, 1.807) is 17.0 Å². The lowest BCUT2D eigenvalue weighted by Crippen LogP contribution is -2.30. The fraction of sp³-hybridized carbons (Fsp3) is 0.200. The van der Waals surface area contributed by atoms with Crippen LogP contribution >= 0.6 is 0 Å². The first-order chi connectivity index (χ1) is 10.1. The lowest BCUT2D eigenvalue weighted by molar-refractivity contribution is 0.0982. The van der Waals surface area contributed by atoms with E-state index in [1.165, 1.54) is 19.1 Å². The van der Waals surface area contributed by atoms with Crippen LogP contribution in [0.25, 0.3) is 0 Å². The summed E-state index contributed by atoms with van der Waals surface area (Å²) in [5.74, 6) is -0.259. The molecule has 0 atom stereocenters. The van der Waals surface area contributed by atoms with Crippen molar-refractivity contribution in [1.82, 2.24) is 10.2 Å². The normalized spacial score (nSPS) is 13.1. The molecule has 0 saturated heterocycles. The molecular formula is C15H13N3O3. The van der Waals surface area contributed by atoms with Crippen LogP contribution in [0.2, 0.25) is 0 Å². The van der Waals surface area contributed by atoms with Gasteiger partial charge in [-0.2, -0.15) is 5.10 Å². The van der Waals surface area contributed by atoms with Crippen molar-refractivity contribution in [2.75, 3.05) is 11.4 Å². The number of hydrogen-bond acceptors (Lipinski definition) is 4. The molecule has 0 spiro atoms. The van der Waals surface area contributed by atoms with Crippen LogP contribution in [0.4, 0.5) is 5.69 Å². The van der Waals surface area contributed by atoms with Crippen molar-refractivity contribution in [2.45, 2.75) is 13.3 Å². The number of rotatable bonds is 2. The highest BCUT2D eigenvalue weighted by Crippen LogP contribution is 2.29. The first-order valence-electron chi connectivity index (χ1n) is 6.58. The van der Waals surface area contributed by atoms with Crippen LogP contribution in [0, 0.1) is 0 Å². The van der Waals surface area contributed by atoms with E-state index in [-0.39, 0.29) is 22.9 Å². The second kappa shape index (κ2) is 4.97. The Balaban J connectivity index is 1.93. The monoisotopic (exact) mass is 283 g/mol. The minimum absolute atomic E-state index is 0.00452. The average molecular weight is 283 g/mol. The van der Waals surface area contributed by atoms with Crippen molar-refractivity contribution in [3.8, 4) is 0 Å². The smallest absolute Gasteiger partial charge is 0.278 e. The van der Waals surface area contributed by atoms with Crippen LogP contribution in [0.3, 0.4) is 0 Å². The summed E-state index contributed by atoms with van der Waals surface area (Å²) in [6.07, 6.45) is 0.700. The molecule has 0 radical (unpaired) electrons. The minimum Gasteiger partial charge on any atom is -0.306 e. The molecule has 0 aliphatic carbocycles. The number of ketones is 1. The molecule has 0 saturated carbocycles. The van der Waals surface area contributed by atoms with Crippen molar-refractivity contribution in [3.05, 3.63) is 57.5 Å². The van der Waals surface area contributed by atoms with E-state index in [0.717, 1.165) is 11.3 Å². The third-order valence-electron chi connectivity index (χ3n) is 3.52. The molecule has 0 unspecified atom stereocenters. The Morgan fingerprint density at radius 3 is 2.71 bits per heavy atom. The highest BCUT2D eigenvalue weighted by molar-refractivity contribution is 6.06. The predicted octanol–water partition coefficient (Wildman–Crippen LogP) is 1.18. The standard InChI is InChI=1S/C15H13N3O3/c1-9(19)10-2-4-13-11(8-10)6-7-18(13)15(21)12-3-5-14(20)17-16-12/h2-5,8H,6-7H2,1H3,(H,17,20). The van der Waals surface area contributed by atoms with E-state index in [9.17, 15) is 14.4 Å². The number of carbonyl (C=O) groups excluding carboxylic acids is 2. The third kappa shape index (κ3) is 2.35. The van der Waals surface area contributed by atoms with Gasteiger partial charge < -0.3 is 4.90 Å². The summed E-state index contributed by atoms with van der Waals surface area (Å²) in [4.78, 5) is 36.4. The minimum atomic E-state index is -0.348. The SMILES string of the molecule is CC(=O)c1ccc2c(c1)CCN2C(=O)c1ccc(=O)[nH]n1. The number of H-pyrrole nitrogens is 1. The first-order valence-corrected chi connectivity index (χ1v) is 6.58. The van der Waals surface area contributed by atoms with Gasteiger partial charge in [-0.25, -0.2) is 5.10 Å². The Morgan fingerprint density at radius 2 is 2.05 bits per heavy atom. The number of aromatic amines is 1. The lowest BCUT2D eigenvalue weighted by atomic mass is 10.1. The van der Waals surface area contributed by atoms with Gasteiger partial charge in [0.05, 0.1) is 0 Å². The Labute approximate surface area is 120 Å². The van der Waals surface area contributed by atoms with E-state index in [1.807, 2.05) is 6.07 Å². The van der Waals surface area contributed by atoms with Gasteiger partial charge >= 0.3 is 0 Å². The molecular weight excluding hydrogens is 270 g/mol. The van der Waals surface area contributed by atoms with Crippen LogP contribution in [0.1, 0.15) is 33.3 Å². The predicted molar refractivity (Wildman–Crippen MR) is 76.7 cm³/mol. The molecule has 1 aromatic heterocycles. The molecule has 2 heterocycles. The van der Waals surface area contributed by atoms with Gasteiger partial charge in [0, 0.05) is 23.9 Å². The van der Waals surface area contributed by atoms with Gasteiger partial charge in [-0.1, -0.05) is 0 Å². The molecule has 106 valence electrons. The Hall–Kier alpha value is -2.76. The molecule has 21 heavy (non-hydrogen) atoms. The van der Waals surface area contributed by atoms with Crippen LogP contribution in [-0.2, 0) is 6.42 Å². The molecule has 1 N–H and O–H groups in total. The van der Waals surface area contributed by atoms with Crippen molar-refractivity contribution in [3.63, 3.8) is 0 Å². The van der Waals surface area contributed by atoms with Gasteiger partial charge in [-0.15, -0.1) is 0 Å². The summed E-state index contributed by atoms with van der Waals surface area (Å²) >= 11 is 0. The van der Waals surface area contributed by atoms with E-state index in [2.05, 4.69) is 10.2 Å². The van der Waals surface area contributed by atoms with E-state index < -0.39 is 0 Å². The first kappa shape index (κ1) is 13.2. The Kier molecular flexibility index (Phi) is 3.13. The van der Waals surface area contributed by atoms with Gasteiger partial charge in [0.15, 0.2) is 5.78 Å². The molecule has 6 heteroatoms. The Morgan fingerprint density at radius 1 is 1.24 bits per heavy atom. The largest absolute Gasteiger partial charge is 0.306 e. The number of benzene rings is 1. The highest BCUT2D eigenvalue weighted by atomic mass is 16.2. The van der Waals surface area contributed by atoms with Crippen LogP contribution in [0.5, 0.6) is 0 Å². The van der Waals surface area contributed by atoms with Crippen molar-refractivity contribution >= 4 is 17.4 Å². The third-order valence-corrected chi connectivity index (χ3v) is 3.52. The highest BCUT2D eigenvalue weighted by Gasteiger charge is 2.26. The molecule has 0 fully saturated rings. The number of anilines is 1. The summed E-state index contributed by atoms with van der Waals surface area (Å²) < 4.78 is 0.